The Hall–Kier alpha value is -2.47. The van der Waals surface area contributed by atoms with Gasteiger partial charge in [0, 0.05) is 29.8 Å². The maximum Gasteiger partial charge on any atom is 0.210 e. The molecule has 2 aromatic rings. The van der Waals surface area contributed by atoms with Crippen LogP contribution in [0.3, 0.4) is 0 Å². The van der Waals surface area contributed by atoms with Crippen molar-refractivity contribution in [2.45, 2.75) is 30.8 Å². The summed E-state index contributed by atoms with van der Waals surface area (Å²) in [6.07, 6.45) is 4.96. The van der Waals surface area contributed by atoms with Crippen molar-refractivity contribution < 1.29 is 17.9 Å². The first-order chi connectivity index (χ1) is 11.8. The minimum atomic E-state index is -3.28. The van der Waals surface area contributed by atoms with Crippen molar-refractivity contribution >= 4 is 27.0 Å². The average molecular weight is 357 g/mol. The van der Waals surface area contributed by atoms with E-state index in [1.807, 2.05) is 13.0 Å². The van der Waals surface area contributed by atoms with E-state index >= 15 is 0 Å². The fourth-order valence-corrected chi connectivity index (χ4v) is 3.38. The summed E-state index contributed by atoms with van der Waals surface area (Å²) in [5, 5.41) is 0. The number of aromatic nitrogens is 1. The van der Waals surface area contributed by atoms with Crippen molar-refractivity contribution in [2.24, 2.45) is 0 Å². The highest BCUT2D eigenvalue weighted by molar-refractivity contribution is 7.90. The number of sulfone groups is 1. The molecule has 0 saturated heterocycles. The molecule has 0 N–H and O–H groups in total. The topological polar surface area (TPSA) is 73.3 Å². The quantitative estimate of drug-likeness (QED) is 0.840. The third-order valence-electron chi connectivity index (χ3n) is 4.43. The Balaban J connectivity index is 2.15. The van der Waals surface area contributed by atoms with E-state index in [1.54, 1.807) is 37.5 Å². The van der Waals surface area contributed by atoms with Crippen LogP contribution in [0.15, 0.2) is 53.7 Å². The van der Waals surface area contributed by atoms with Gasteiger partial charge in [-0.1, -0.05) is 13.0 Å². The normalized spacial score (nSPS) is 20.7. The molecule has 0 bridgehead atoms. The zero-order valence-electron chi connectivity index (χ0n) is 14.3. The lowest BCUT2D eigenvalue weighted by Crippen LogP contribution is -2.32. The number of pyridine rings is 1. The van der Waals surface area contributed by atoms with Gasteiger partial charge in [0.2, 0.25) is 5.78 Å². The smallest absolute Gasteiger partial charge is 0.210 e. The molecule has 0 fully saturated rings. The first-order valence-corrected chi connectivity index (χ1v) is 9.84. The summed E-state index contributed by atoms with van der Waals surface area (Å²) in [5.74, 6) is 0.368. The summed E-state index contributed by atoms with van der Waals surface area (Å²) < 4.78 is 29.3. The monoisotopic (exact) mass is 357 g/mol. The minimum Gasteiger partial charge on any atom is -0.478 e. The van der Waals surface area contributed by atoms with Gasteiger partial charge in [-0.3, -0.25) is 9.78 Å². The molecule has 2 heterocycles. The van der Waals surface area contributed by atoms with Gasteiger partial charge in [-0.15, -0.1) is 0 Å². The van der Waals surface area contributed by atoms with Crippen LogP contribution in [0.2, 0.25) is 0 Å². The van der Waals surface area contributed by atoms with Crippen LogP contribution in [0.5, 0.6) is 0 Å². The second kappa shape index (κ2) is 6.11. The summed E-state index contributed by atoms with van der Waals surface area (Å²) in [4.78, 5) is 17.3. The number of rotatable bonds is 4. The van der Waals surface area contributed by atoms with E-state index in [2.05, 4.69) is 4.98 Å². The number of Topliss-reactive ketones (excluding diaryl/α,β-unsaturated/α-hetero) is 1. The Kier molecular flexibility index (Phi) is 4.24. The molecule has 1 aromatic carbocycles. The SMILES string of the molecule is CCC1(C)OC(c2ccc(S(C)(=O)=O)cc2)=C(c2cccnc2)C1=O. The van der Waals surface area contributed by atoms with Crippen LogP contribution in [0, 0.1) is 0 Å². The predicted octanol–water partition coefficient (Wildman–Crippen LogP) is 3.12. The van der Waals surface area contributed by atoms with E-state index in [9.17, 15) is 13.2 Å². The lowest BCUT2D eigenvalue weighted by Gasteiger charge is -2.21. The summed E-state index contributed by atoms with van der Waals surface area (Å²) in [5.41, 5.74) is 0.893. The fourth-order valence-electron chi connectivity index (χ4n) is 2.75. The molecule has 0 spiro atoms. The summed E-state index contributed by atoms with van der Waals surface area (Å²) in [6, 6.07) is 9.95. The maximum atomic E-state index is 13.0. The largest absolute Gasteiger partial charge is 0.478 e. The molecule has 130 valence electrons. The molecule has 1 aliphatic heterocycles. The molecule has 6 heteroatoms. The van der Waals surface area contributed by atoms with Crippen molar-refractivity contribution in [3.63, 3.8) is 0 Å². The first-order valence-electron chi connectivity index (χ1n) is 7.95. The number of carbonyl (C=O) groups excluding carboxylic acids is 1. The van der Waals surface area contributed by atoms with E-state index < -0.39 is 15.4 Å². The fraction of sp³-hybridized carbons (Fsp3) is 0.263. The second-order valence-electron chi connectivity index (χ2n) is 6.26. The van der Waals surface area contributed by atoms with E-state index in [1.165, 1.54) is 12.1 Å². The Bertz CT molecular complexity index is 947. The van der Waals surface area contributed by atoms with Crippen LogP contribution >= 0.6 is 0 Å². The van der Waals surface area contributed by atoms with Gasteiger partial charge in [0.25, 0.3) is 0 Å². The highest BCUT2D eigenvalue weighted by Crippen LogP contribution is 2.42. The molecule has 0 amide bonds. The van der Waals surface area contributed by atoms with Crippen molar-refractivity contribution in [2.75, 3.05) is 6.26 Å². The number of hydrogen-bond donors (Lipinski definition) is 0. The van der Waals surface area contributed by atoms with Gasteiger partial charge in [0.1, 0.15) is 5.76 Å². The van der Waals surface area contributed by atoms with Crippen LogP contribution in [-0.2, 0) is 19.4 Å². The molecular weight excluding hydrogens is 338 g/mol. The van der Waals surface area contributed by atoms with Crippen molar-refractivity contribution in [3.8, 4) is 0 Å². The molecule has 1 atom stereocenters. The van der Waals surface area contributed by atoms with Crippen LogP contribution in [0.1, 0.15) is 31.4 Å². The molecular formula is C19H19NO4S. The van der Waals surface area contributed by atoms with Gasteiger partial charge in [0.05, 0.1) is 10.5 Å². The standard InChI is InChI=1S/C19H19NO4S/c1-4-19(2)18(21)16(14-6-5-11-20-12-14)17(24-19)13-7-9-15(10-8-13)25(3,22)23/h5-12H,4H2,1-3H3. The zero-order chi connectivity index (χ0) is 18.2. The van der Waals surface area contributed by atoms with Crippen LogP contribution in [0.4, 0.5) is 0 Å². The van der Waals surface area contributed by atoms with Gasteiger partial charge < -0.3 is 4.74 Å². The van der Waals surface area contributed by atoms with Crippen molar-refractivity contribution in [3.05, 3.63) is 59.9 Å². The molecule has 25 heavy (non-hydrogen) atoms. The Morgan fingerprint density at radius 1 is 1.12 bits per heavy atom. The minimum absolute atomic E-state index is 0.0924. The van der Waals surface area contributed by atoms with Crippen molar-refractivity contribution in [1.29, 1.82) is 0 Å². The summed E-state index contributed by atoms with van der Waals surface area (Å²) in [7, 11) is -3.28. The van der Waals surface area contributed by atoms with Crippen LogP contribution in [-0.4, -0.2) is 31.0 Å². The van der Waals surface area contributed by atoms with Gasteiger partial charge in [-0.05, 0) is 43.7 Å². The van der Waals surface area contributed by atoms with Gasteiger partial charge in [-0.2, -0.15) is 0 Å². The van der Waals surface area contributed by atoms with Crippen LogP contribution in [0.25, 0.3) is 11.3 Å². The molecule has 1 aromatic heterocycles. The number of benzene rings is 1. The van der Waals surface area contributed by atoms with E-state index in [-0.39, 0.29) is 10.7 Å². The highest BCUT2D eigenvalue weighted by atomic mass is 32.2. The molecule has 0 aliphatic carbocycles. The Morgan fingerprint density at radius 2 is 1.80 bits per heavy atom. The second-order valence-corrected chi connectivity index (χ2v) is 8.27. The van der Waals surface area contributed by atoms with Gasteiger partial charge in [0.15, 0.2) is 15.4 Å². The number of carbonyl (C=O) groups is 1. The van der Waals surface area contributed by atoms with Gasteiger partial charge in [-0.25, -0.2) is 8.42 Å². The molecule has 3 rings (SSSR count). The lowest BCUT2D eigenvalue weighted by molar-refractivity contribution is -0.126. The number of ketones is 1. The zero-order valence-corrected chi connectivity index (χ0v) is 15.1. The van der Waals surface area contributed by atoms with Gasteiger partial charge >= 0.3 is 0 Å². The Labute approximate surface area is 147 Å². The average Bonchev–Trinajstić information content (AvgIpc) is 2.87. The summed E-state index contributed by atoms with van der Waals surface area (Å²) in [6.45, 7) is 3.66. The number of nitrogens with zero attached hydrogens (tertiary/aromatic N) is 1. The Morgan fingerprint density at radius 3 is 2.32 bits per heavy atom. The van der Waals surface area contributed by atoms with E-state index in [0.29, 0.717) is 28.9 Å². The molecule has 0 radical (unpaired) electrons. The maximum absolute atomic E-state index is 13.0. The number of hydrogen-bond acceptors (Lipinski definition) is 5. The van der Waals surface area contributed by atoms with E-state index in [0.717, 1.165) is 6.26 Å². The predicted molar refractivity (Wildman–Crippen MR) is 95.4 cm³/mol. The molecule has 5 nitrogen and oxygen atoms in total. The third kappa shape index (κ3) is 3.09. The highest BCUT2D eigenvalue weighted by Gasteiger charge is 2.45. The molecule has 0 saturated carbocycles. The summed E-state index contributed by atoms with van der Waals surface area (Å²) >= 11 is 0. The van der Waals surface area contributed by atoms with Crippen LogP contribution < -0.4 is 0 Å². The lowest BCUT2D eigenvalue weighted by atomic mass is 9.90. The van der Waals surface area contributed by atoms with E-state index in [4.69, 9.17) is 4.74 Å². The third-order valence-corrected chi connectivity index (χ3v) is 5.56. The first kappa shape index (κ1) is 17.4. The molecule has 1 unspecified atom stereocenters. The molecule has 1 aliphatic rings. The number of ether oxygens (including phenoxy) is 1. The van der Waals surface area contributed by atoms with Crippen molar-refractivity contribution in [1.82, 2.24) is 4.98 Å².